The summed E-state index contributed by atoms with van der Waals surface area (Å²) in [6.45, 7) is 7.31. The van der Waals surface area contributed by atoms with Crippen molar-refractivity contribution in [1.82, 2.24) is 15.5 Å². The minimum Gasteiger partial charge on any atom is -0.373 e. The number of hydrogen-bond donors (Lipinski definition) is 2. The first-order valence-corrected chi connectivity index (χ1v) is 10.0. The van der Waals surface area contributed by atoms with Crippen molar-refractivity contribution < 1.29 is 9.53 Å². The molecule has 26 heavy (non-hydrogen) atoms. The first-order valence-electron chi connectivity index (χ1n) is 10.0. The lowest BCUT2D eigenvalue weighted by Crippen LogP contribution is -2.52. The summed E-state index contributed by atoms with van der Waals surface area (Å²) in [5.74, 6) is 1.06. The number of nitrogens with one attached hydrogen (secondary N) is 2. The lowest BCUT2D eigenvalue weighted by Gasteiger charge is -2.38. The van der Waals surface area contributed by atoms with Crippen LogP contribution in [0.3, 0.4) is 0 Å². The van der Waals surface area contributed by atoms with Gasteiger partial charge in [-0.05, 0) is 25.7 Å². The maximum Gasteiger partial charge on any atom is 0.222 e. The van der Waals surface area contributed by atoms with Gasteiger partial charge in [-0.3, -0.25) is 9.79 Å². The van der Waals surface area contributed by atoms with Gasteiger partial charge in [0, 0.05) is 45.8 Å². The second-order valence-corrected chi connectivity index (χ2v) is 7.34. The Labute approximate surface area is 175 Å². The average Bonchev–Trinajstić information content (AvgIpc) is 3.12. The molecule has 0 aromatic heterocycles. The third-order valence-corrected chi connectivity index (χ3v) is 5.36. The van der Waals surface area contributed by atoms with Crippen molar-refractivity contribution in [3.05, 3.63) is 0 Å². The van der Waals surface area contributed by atoms with E-state index >= 15 is 0 Å². The number of rotatable bonds is 7. The molecule has 0 aromatic carbocycles. The van der Waals surface area contributed by atoms with Gasteiger partial charge in [0.1, 0.15) is 0 Å². The van der Waals surface area contributed by atoms with E-state index in [1.54, 1.807) is 7.05 Å². The standard InChI is InChI=1S/C19H36N4O2.HI/c1-4-13-25-19(10-7-6-8-11-19)15-21-18(20-3)22-16-9-12-23(14-16)17(24)5-2;/h16H,4-15H2,1-3H3,(H2,20,21,22);1H. The maximum absolute atomic E-state index is 11.8. The molecular weight excluding hydrogens is 443 g/mol. The molecule has 0 aromatic rings. The first kappa shape index (κ1) is 23.5. The number of amides is 1. The number of likely N-dealkylation sites (tertiary alicyclic amines) is 1. The minimum absolute atomic E-state index is 0. The minimum atomic E-state index is -0.0498. The lowest BCUT2D eigenvalue weighted by atomic mass is 9.84. The van der Waals surface area contributed by atoms with Crippen LogP contribution in [0.25, 0.3) is 0 Å². The van der Waals surface area contributed by atoms with Crippen molar-refractivity contribution in [2.45, 2.75) is 76.9 Å². The number of guanidine groups is 1. The Hall–Kier alpha value is -0.570. The summed E-state index contributed by atoms with van der Waals surface area (Å²) in [6, 6.07) is 0.278. The molecule has 1 aliphatic carbocycles. The Bertz CT molecular complexity index is 453. The largest absolute Gasteiger partial charge is 0.373 e. The van der Waals surface area contributed by atoms with Gasteiger partial charge in [0.05, 0.1) is 5.60 Å². The van der Waals surface area contributed by atoms with E-state index in [1.807, 2.05) is 11.8 Å². The quantitative estimate of drug-likeness (QED) is 0.334. The molecule has 1 heterocycles. The summed E-state index contributed by atoms with van der Waals surface area (Å²) in [5, 5.41) is 6.96. The molecule has 152 valence electrons. The molecule has 2 aliphatic rings. The van der Waals surface area contributed by atoms with Crippen LogP contribution in [0.1, 0.15) is 65.2 Å². The number of carbonyl (C=O) groups is 1. The fourth-order valence-electron chi connectivity index (χ4n) is 3.85. The van der Waals surface area contributed by atoms with Crippen molar-refractivity contribution in [2.24, 2.45) is 4.99 Å². The molecule has 0 radical (unpaired) electrons. The second kappa shape index (κ2) is 12.0. The van der Waals surface area contributed by atoms with E-state index in [1.165, 1.54) is 19.3 Å². The number of carbonyl (C=O) groups excluding carboxylic acids is 1. The molecule has 1 aliphatic heterocycles. The summed E-state index contributed by atoms with van der Waals surface area (Å²) in [7, 11) is 1.81. The highest BCUT2D eigenvalue weighted by Crippen LogP contribution is 2.31. The maximum atomic E-state index is 11.8. The molecule has 2 N–H and O–H groups in total. The third-order valence-electron chi connectivity index (χ3n) is 5.36. The highest BCUT2D eigenvalue weighted by molar-refractivity contribution is 14.0. The topological polar surface area (TPSA) is 66.0 Å². The zero-order chi connectivity index (χ0) is 18.1. The first-order chi connectivity index (χ1) is 12.1. The summed E-state index contributed by atoms with van der Waals surface area (Å²) in [6.07, 6.45) is 8.66. The highest BCUT2D eigenvalue weighted by Gasteiger charge is 2.33. The van der Waals surface area contributed by atoms with Gasteiger partial charge in [-0.2, -0.15) is 0 Å². The van der Waals surface area contributed by atoms with Gasteiger partial charge in [-0.1, -0.05) is 33.1 Å². The number of halogens is 1. The molecule has 1 amide bonds. The van der Waals surface area contributed by atoms with E-state index in [-0.39, 0.29) is 41.5 Å². The zero-order valence-electron chi connectivity index (χ0n) is 16.7. The van der Waals surface area contributed by atoms with Gasteiger partial charge >= 0.3 is 0 Å². The van der Waals surface area contributed by atoms with Crippen LogP contribution in [-0.4, -0.2) is 61.7 Å². The molecule has 6 nitrogen and oxygen atoms in total. The zero-order valence-corrected chi connectivity index (χ0v) is 19.0. The Morgan fingerprint density at radius 3 is 2.62 bits per heavy atom. The van der Waals surface area contributed by atoms with Gasteiger partial charge in [-0.25, -0.2) is 0 Å². The van der Waals surface area contributed by atoms with E-state index in [4.69, 9.17) is 4.74 Å². The normalized spacial score (nSPS) is 22.7. The van der Waals surface area contributed by atoms with Crippen molar-refractivity contribution in [3.63, 3.8) is 0 Å². The van der Waals surface area contributed by atoms with Gasteiger partial charge in [0.15, 0.2) is 5.96 Å². The van der Waals surface area contributed by atoms with Crippen LogP contribution in [0, 0.1) is 0 Å². The van der Waals surface area contributed by atoms with E-state index in [0.717, 1.165) is 57.9 Å². The molecular formula is C19H37IN4O2. The van der Waals surface area contributed by atoms with Crippen LogP contribution in [0.5, 0.6) is 0 Å². The smallest absolute Gasteiger partial charge is 0.222 e. The molecule has 7 heteroatoms. The van der Waals surface area contributed by atoms with E-state index in [0.29, 0.717) is 6.42 Å². The molecule has 1 saturated heterocycles. The number of hydrogen-bond acceptors (Lipinski definition) is 3. The van der Waals surface area contributed by atoms with E-state index < -0.39 is 0 Å². The SMILES string of the molecule is CCCOC1(CNC(=NC)NC2CCN(C(=O)CC)C2)CCCCC1.I. The number of nitrogens with zero attached hydrogens (tertiary/aromatic N) is 2. The van der Waals surface area contributed by atoms with Crippen LogP contribution < -0.4 is 10.6 Å². The average molecular weight is 480 g/mol. The van der Waals surface area contributed by atoms with Crippen molar-refractivity contribution in [2.75, 3.05) is 33.3 Å². The number of aliphatic imine (C=N–C) groups is 1. The Morgan fingerprint density at radius 2 is 2.00 bits per heavy atom. The summed E-state index contributed by atoms with van der Waals surface area (Å²) < 4.78 is 6.25. The van der Waals surface area contributed by atoms with Crippen LogP contribution in [0.4, 0.5) is 0 Å². The fraction of sp³-hybridized carbons (Fsp3) is 0.895. The molecule has 2 rings (SSSR count). The second-order valence-electron chi connectivity index (χ2n) is 7.34. The van der Waals surface area contributed by atoms with Gasteiger partial charge in [0.2, 0.25) is 5.91 Å². The number of ether oxygens (including phenoxy) is 1. The molecule has 2 fully saturated rings. The molecule has 0 bridgehead atoms. The third kappa shape index (κ3) is 6.87. The van der Waals surface area contributed by atoms with Gasteiger partial charge < -0.3 is 20.3 Å². The monoisotopic (exact) mass is 480 g/mol. The van der Waals surface area contributed by atoms with E-state index in [2.05, 4.69) is 22.5 Å². The van der Waals surface area contributed by atoms with Crippen molar-refractivity contribution in [3.8, 4) is 0 Å². The van der Waals surface area contributed by atoms with Crippen molar-refractivity contribution >= 4 is 35.8 Å². The van der Waals surface area contributed by atoms with Crippen molar-refractivity contribution in [1.29, 1.82) is 0 Å². The highest BCUT2D eigenvalue weighted by atomic mass is 127. The summed E-state index contributed by atoms with van der Waals surface area (Å²) in [5.41, 5.74) is -0.0498. The summed E-state index contributed by atoms with van der Waals surface area (Å²) in [4.78, 5) is 18.1. The Kier molecular flexibility index (Phi) is 10.8. The van der Waals surface area contributed by atoms with Crippen LogP contribution in [0.2, 0.25) is 0 Å². The van der Waals surface area contributed by atoms with E-state index in [9.17, 15) is 4.79 Å². The Morgan fingerprint density at radius 1 is 1.27 bits per heavy atom. The molecule has 1 atom stereocenters. The Balaban J connectivity index is 0.00000338. The molecule has 0 spiro atoms. The summed E-state index contributed by atoms with van der Waals surface area (Å²) >= 11 is 0. The van der Waals surface area contributed by atoms with Crippen LogP contribution >= 0.6 is 24.0 Å². The van der Waals surface area contributed by atoms with Gasteiger partial charge in [-0.15, -0.1) is 24.0 Å². The van der Waals surface area contributed by atoms with Gasteiger partial charge in [0.25, 0.3) is 0 Å². The fourth-order valence-corrected chi connectivity index (χ4v) is 3.85. The molecule has 1 unspecified atom stereocenters. The predicted molar refractivity (Wildman–Crippen MR) is 117 cm³/mol. The van der Waals surface area contributed by atoms with Crippen LogP contribution in [0.15, 0.2) is 4.99 Å². The molecule has 1 saturated carbocycles. The predicted octanol–water partition coefficient (Wildman–Crippen LogP) is 2.91. The van der Waals surface area contributed by atoms with Crippen LogP contribution in [-0.2, 0) is 9.53 Å². The lowest BCUT2D eigenvalue weighted by molar-refractivity contribution is -0.129.